The van der Waals surface area contributed by atoms with Crippen molar-refractivity contribution < 1.29 is 9.53 Å². The highest BCUT2D eigenvalue weighted by molar-refractivity contribution is 8.26. The molecule has 1 aromatic heterocycles. The fourth-order valence-electron chi connectivity index (χ4n) is 3.69. The van der Waals surface area contributed by atoms with Crippen molar-refractivity contribution in [3.8, 4) is 11.4 Å². The number of rotatable bonds is 6. The van der Waals surface area contributed by atoms with Crippen LogP contribution in [0.1, 0.15) is 43.6 Å². The first-order chi connectivity index (χ1) is 14.9. The van der Waals surface area contributed by atoms with E-state index in [-0.39, 0.29) is 11.4 Å². The predicted molar refractivity (Wildman–Crippen MR) is 126 cm³/mol. The van der Waals surface area contributed by atoms with E-state index in [0.717, 1.165) is 46.3 Å². The van der Waals surface area contributed by atoms with E-state index in [2.05, 4.69) is 21.6 Å². The van der Waals surface area contributed by atoms with E-state index < -0.39 is 5.91 Å². The van der Waals surface area contributed by atoms with Crippen LogP contribution in [-0.2, 0) is 4.79 Å². The molecule has 0 saturated heterocycles. The number of carbonyl (C=O) groups excluding carboxylic acids is 1. The van der Waals surface area contributed by atoms with Crippen LogP contribution in [0.2, 0.25) is 0 Å². The zero-order chi connectivity index (χ0) is 22.1. The van der Waals surface area contributed by atoms with Gasteiger partial charge in [-0.3, -0.25) is 10.2 Å². The van der Waals surface area contributed by atoms with Gasteiger partial charge in [-0.2, -0.15) is 15.1 Å². The number of carbonyl (C=O) groups is 1. The first-order valence-corrected chi connectivity index (χ1v) is 11.2. The Bertz CT molecular complexity index is 1140. The minimum Gasteiger partial charge on any atom is -0.494 e. The molecule has 31 heavy (non-hydrogen) atoms. The number of ether oxygens (including phenoxy) is 1. The first kappa shape index (κ1) is 21.1. The molecule has 4 rings (SSSR count). The van der Waals surface area contributed by atoms with Crippen molar-refractivity contribution in [1.29, 1.82) is 5.41 Å². The second-order valence-electron chi connectivity index (χ2n) is 7.35. The third kappa shape index (κ3) is 3.95. The summed E-state index contributed by atoms with van der Waals surface area (Å²) in [5.41, 5.74) is 4.15. The number of aliphatic imine (C=N–C) groups is 1. The van der Waals surface area contributed by atoms with Gasteiger partial charge in [0.25, 0.3) is 5.91 Å². The van der Waals surface area contributed by atoms with Crippen LogP contribution >= 0.6 is 11.8 Å². The number of hydrazone groups is 1. The van der Waals surface area contributed by atoms with Crippen molar-refractivity contribution in [3.63, 3.8) is 0 Å². The Morgan fingerprint density at radius 2 is 1.94 bits per heavy atom. The molecule has 2 aliphatic rings. The summed E-state index contributed by atoms with van der Waals surface area (Å²) in [6.45, 7) is 8.69. The molecule has 0 unspecified atom stereocenters. The Morgan fingerprint density at radius 3 is 2.61 bits per heavy atom. The quantitative estimate of drug-likeness (QED) is 0.654. The Hall–Kier alpha value is -3.13. The maximum Gasteiger partial charge on any atom is 0.283 e. The normalized spacial score (nSPS) is 17.2. The maximum absolute atomic E-state index is 12.7. The maximum atomic E-state index is 12.7. The van der Waals surface area contributed by atoms with Gasteiger partial charge >= 0.3 is 0 Å². The number of aryl methyl sites for hydroxylation is 1. The van der Waals surface area contributed by atoms with Gasteiger partial charge in [0.1, 0.15) is 10.8 Å². The Balaban J connectivity index is 1.67. The van der Waals surface area contributed by atoms with Crippen LogP contribution in [0.4, 0.5) is 0 Å². The van der Waals surface area contributed by atoms with Crippen LogP contribution in [0.15, 0.2) is 46.0 Å². The minimum atomic E-state index is -0.400. The summed E-state index contributed by atoms with van der Waals surface area (Å²) in [4.78, 5) is 16.9. The summed E-state index contributed by atoms with van der Waals surface area (Å²) in [7, 11) is 0. The molecule has 2 aliphatic heterocycles. The average molecular weight is 436 g/mol. The highest BCUT2D eigenvalue weighted by Crippen LogP contribution is 2.31. The zero-order valence-corrected chi connectivity index (χ0v) is 18.9. The van der Waals surface area contributed by atoms with Crippen LogP contribution in [0.25, 0.3) is 11.8 Å². The van der Waals surface area contributed by atoms with E-state index in [1.807, 2.05) is 51.1 Å². The lowest BCUT2D eigenvalue weighted by Crippen LogP contribution is -2.35. The molecule has 1 amide bonds. The fraction of sp³-hybridized carbons (Fsp3) is 0.304. The number of fused-ring (bicyclic) bond motifs is 1. The number of nitrogens with one attached hydrogen (secondary N) is 1. The molecule has 0 saturated carbocycles. The van der Waals surface area contributed by atoms with Gasteiger partial charge in [0.05, 0.1) is 12.2 Å². The topological polar surface area (TPSA) is 83.0 Å². The summed E-state index contributed by atoms with van der Waals surface area (Å²) >= 11 is 1.37. The van der Waals surface area contributed by atoms with E-state index in [1.165, 1.54) is 16.8 Å². The molecule has 8 heteroatoms. The number of amidine groups is 2. The second kappa shape index (κ2) is 8.55. The number of hydrogen-bond donors (Lipinski definition) is 1. The van der Waals surface area contributed by atoms with Gasteiger partial charge < -0.3 is 9.30 Å². The van der Waals surface area contributed by atoms with Crippen molar-refractivity contribution in [1.82, 2.24) is 9.58 Å². The smallest absolute Gasteiger partial charge is 0.283 e. The summed E-state index contributed by atoms with van der Waals surface area (Å²) in [6.07, 6.45) is 3.51. The molecule has 0 spiro atoms. The molecule has 0 atom stereocenters. The van der Waals surface area contributed by atoms with Crippen molar-refractivity contribution in [2.75, 3.05) is 6.61 Å². The van der Waals surface area contributed by atoms with Gasteiger partial charge in [0.2, 0.25) is 5.17 Å². The van der Waals surface area contributed by atoms with E-state index in [9.17, 15) is 4.79 Å². The second-order valence-corrected chi connectivity index (χ2v) is 8.39. The number of amides is 1. The van der Waals surface area contributed by atoms with E-state index in [4.69, 9.17) is 10.1 Å². The van der Waals surface area contributed by atoms with Gasteiger partial charge in [-0.25, -0.2) is 0 Å². The van der Waals surface area contributed by atoms with Crippen molar-refractivity contribution in [2.45, 2.75) is 40.5 Å². The third-order valence-electron chi connectivity index (χ3n) is 5.14. The first-order valence-electron chi connectivity index (χ1n) is 10.3. The van der Waals surface area contributed by atoms with Crippen LogP contribution in [0.5, 0.6) is 5.75 Å². The molecule has 0 bridgehead atoms. The lowest BCUT2D eigenvalue weighted by molar-refractivity contribution is -0.114. The molecule has 0 fully saturated rings. The molecule has 0 aliphatic carbocycles. The van der Waals surface area contributed by atoms with Crippen LogP contribution in [-0.4, -0.2) is 38.1 Å². The third-order valence-corrected chi connectivity index (χ3v) is 6.10. The zero-order valence-electron chi connectivity index (χ0n) is 18.1. The van der Waals surface area contributed by atoms with Crippen molar-refractivity contribution in [3.05, 3.63) is 52.9 Å². The van der Waals surface area contributed by atoms with E-state index in [0.29, 0.717) is 11.8 Å². The van der Waals surface area contributed by atoms with Crippen LogP contribution in [0, 0.1) is 19.3 Å². The highest BCUT2D eigenvalue weighted by Gasteiger charge is 2.35. The molecule has 2 aromatic rings. The SMILES string of the molecule is CCCC1=NN2C(=N)C(=Cc3cc(C)n(-c4ccc(OCC)cc4)c3C)C(=O)N=C2S1. The van der Waals surface area contributed by atoms with Gasteiger partial charge in [-0.15, -0.1) is 0 Å². The molecular formula is C23H25N5O2S. The molecule has 3 heterocycles. The average Bonchev–Trinajstić information content (AvgIpc) is 3.26. The summed E-state index contributed by atoms with van der Waals surface area (Å²) in [5.74, 6) is 0.500. The minimum absolute atomic E-state index is 0.0690. The highest BCUT2D eigenvalue weighted by atomic mass is 32.2. The van der Waals surface area contributed by atoms with Crippen LogP contribution < -0.4 is 4.74 Å². The fourth-order valence-corrected chi connectivity index (χ4v) is 4.68. The Kier molecular flexibility index (Phi) is 5.82. The Morgan fingerprint density at radius 1 is 1.19 bits per heavy atom. The Labute approximate surface area is 186 Å². The summed E-state index contributed by atoms with van der Waals surface area (Å²) in [5, 5.41) is 15.8. The molecule has 0 radical (unpaired) electrons. The van der Waals surface area contributed by atoms with Crippen molar-refractivity contribution in [2.24, 2.45) is 10.1 Å². The van der Waals surface area contributed by atoms with E-state index >= 15 is 0 Å². The number of hydrogen-bond acceptors (Lipinski definition) is 5. The van der Waals surface area contributed by atoms with Gasteiger partial charge in [0, 0.05) is 17.1 Å². The summed E-state index contributed by atoms with van der Waals surface area (Å²) in [6, 6.07) is 9.94. The van der Waals surface area contributed by atoms with E-state index in [1.54, 1.807) is 6.08 Å². The standard InChI is InChI=1S/C23H25N5O2S/c1-5-7-20-26-28-21(24)19(22(29)25-23(28)31-20)13-16-12-14(3)27(15(16)4)17-8-10-18(11-9-17)30-6-2/h8-13,24H,5-7H2,1-4H3. The number of nitrogens with zero attached hydrogens (tertiary/aromatic N) is 4. The van der Waals surface area contributed by atoms with Crippen molar-refractivity contribution >= 4 is 39.8 Å². The van der Waals surface area contributed by atoms with Gasteiger partial charge in [-0.05, 0) is 87.3 Å². The predicted octanol–water partition coefficient (Wildman–Crippen LogP) is 4.91. The number of thioether (sulfide) groups is 1. The lowest BCUT2D eigenvalue weighted by atomic mass is 10.1. The molecule has 1 N–H and O–H groups in total. The molecule has 1 aromatic carbocycles. The largest absolute Gasteiger partial charge is 0.494 e. The number of benzene rings is 1. The van der Waals surface area contributed by atoms with Crippen LogP contribution in [0.3, 0.4) is 0 Å². The van der Waals surface area contributed by atoms with Gasteiger partial charge in [-0.1, -0.05) is 6.92 Å². The lowest BCUT2D eigenvalue weighted by Gasteiger charge is -2.20. The summed E-state index contributed by atoms with van der Waals surface area (Å²) < 4.78 is 7.66. The molecular weight excluding hydrogens is 410 g/mol. The molecule has 160 valence electrons. The number of aromatic nitrogens is 1. The monoisotopic (exact) mass is 435 g/mol. The molecule has 7 nitrogen and oxygen atoms in total. The van der Waals surface area contributed by atoms with Gasteiger partial charge in [0.15, 0.2) is 5.84 Å².